The SMILES string of the molecule is CCCn1[nH]c(=O)c2cc(NC(=O)Nc3ccccc3C(C)CC)ccc21. The van der Waals surface area contributed by atoms with Gasteiger partial charge >= 0.3 is 6.03 Å². The second-order valence-electron chi connectivity index (χ2n) is 6.80. The van der Waals surface area contributed by atoms with E-state index in [1.807, 2.05) is 41.1 Å². The molecule has 2 aromatic carbocycles. The third kappa shape index (κ3) is 4.05. The van der Waals surface area contributed by atoms with Crippen molar-refractivity contribution in [1.29, 1.82) is 0 Å². The molecule has 2 amide bonds. The highest BCUT2D eigenvalue weighted by molar-refractivity contribution is 6.01. The van der Waals surface area contributed by atoms with Gasteiger partial charge in [0.1, 0.15) is 0 Å². The van der Waals surface area contributed by atoms with E-state index in [9.17, 15) is 9.59 Å². The van der Waals surface area contributed by atoms with Crippen LogP contribution in [0.4, 0.5) is 16.2 Å². The maximum atomic E-state index is 12.5. The molecule has 0 radical (unpaired) electrons. The number of rotatable bonds is 6. The third-order valence-electron chi connectivity index (χ3n) is 4.83. The van der Waals surface area contributed by atoms with Crippen molar-refractivity contribution in [3.05, 3.63) is 58.4 Å². The fourth-order valence-electron chi connectivity index (χ4n) is 3.22. The summed E-state index contributed by atoms with van der Waals surface area (Å²) in [4.78, 5) is 24.6. The number of nitrogens with zero attached hydrogens (tertiary/aromatic N) is 1. The van der Waals surface area contributed by atoms with Crippen LogP contribution in [0.25, 0.3) is 10.9 Å². The number of aromatic nitrogens is 2. The second-order valence-corrected chi connectivity index (χ2v) is 6.80. The Morgan fingerprint density at radius 3 is 2.67 bits per heavy atom. The fraction of sp³-hybridized carbons (Fsp3) is 0.333. The first kappa shape index (κ1) is 18.8. The number of hydrogen-bond acceptors (Lipinski definition) is 2. The average molecular weight is 366 g/mol. The molecule has 0 aliphatic heterocycles. The molecule has 6 nitrogen and oxygen atoms in total. The van der Waals surface area contributed by atoms with Gasteiger partial charge in [0, 0.05) is 17.9 Å². The number of carbonyl (C=O) groups is 1. The molecule has 3 N–H and O–H groups in total. The summed E-state index contributed by atoms with van der Waals surface area (Å²) >= 11 is 0. The van der Waals surface area contributed by atoms with Crippen molar-refractivity contribution in [2.24, 2.45) is 0 Å². The monoisotopic (exact) mass is 366 g/mol. The van der Waals surface area contributed by atoms with E-state index in [1.54, 1.807) is 6.07 Å². The van der Waals surface area contributed by atoms with E-state index >= 15 is 0 Å². The number of anilines is 2. The van der Waals surface area contributed by atoms with Crippen LogP contribution >= 0.6 is 0 Å². The highest BCUT2D eigenvalue weighted by atomic mass is 16.2. The number of benzene rings is 2. The third-order valence-corrected chi connectivity index (χ3v) is 4.83. The van der Waals surface area contributed by atoms with Crippen molar-refractivity contribution < 1.29 is 4.79 Å². The Balaban J connectivity index is 1.79. The normalized spacial score (nSPS) is 12.1. The summed E-state index contributed by atoms with van der Waals surface area (Å²) in [5.74, 6) is 0.356. The van der Waals surface area contributed by atoms with E-state index in [1.165, 1.54) is 0 Å². The number of para-hydroxylation sites is 1. The predicted octanol–water partition coefficient (Wildman–Crippen LogP) is 4.90. The molecule has 0 saturated heterocycles. The Morgan fingerprint density at radius 2 is 1.93 bits per heavy atom. The van der Waals surface area contributed by atoms with E-state index in [0.717, 1.165) is 36.2 Å². The standard InChI is InChI=1S/C21H26N4O2/c1-4-12-25-19-11-10-15(13-17(19)20(26)24-25)22-21(27)23-18-9-7-6-8-16(18)14(3)5-2/h6-11,13-14H,4-5,12H2,1-3H3,(H,24,26)(H2,22,23,27). The zero-order chi connectivity index (χ0) is 19.4. The Bertz CT molecular complexity index is 1000. The van der Waals surface area contributed by atoms with Crippen LogP contribution in [0, 0.1) is 0 Å². The van der Waals surface area contributed by atoms with Gasteiger partial charge in [-0.1, -0.05) is 39.0 Å². The minimum atomic E-state index is -0.325. The molecule has 0 aliphatic rings. The van der Waals surface area contributed by atoms with Crippen LogP contribution in [0.15, 0.2) is 47.3 Å². The van der Waals surface area contributed by atoms with Gasteiger partial charge in [0.25, 0.3) is 5.56 Å². The van der Waals surface area contributed by atoms with Gasteiger partial charge in [0.2, 0.25) is 0 Å². The largest absolute Gasteiger partial charge is 0.323 e. The van der Waals surface area contributed by atoms with E-state index in [4.69, 9.17) is 0 Å². The molecule has 1 heterocycles. The van der Waals surface area contributed by atoms with Gasteiger partial charge in [-0.3, -0.25) is 14.6 Å². The van der Waals surface area contributed by atoms with Crippen molar-refractivity contribution in [1.82, 2.24) is 9.78 Å². The lowest BCUT2D eigenvalue weighted by molar-refractivity contribution is 0.262. The van der Waals surface area contributed by atoms with Gasteiger partial charge in [-0.25, -0.2) is 4.79 Å². The maximum absolute atomic E-state index is 12.5. The van der Waals surface area contributed by atoms with Gasteiger partial charge in [-0.15, -0.1) is 0 Å². The van der Waals surface area contributed by atoms with Gasteiger partial charge in [-0.2, -0.15) is 0 Å². The predicted molar refractivity (Wildman–Crippen MR) is 111 cm³/mol. The van der Waals surface area contributed by atoms with E-state index < -0.39 is 0 Å². The average Bonchev–Trinajstić information content (AvgIpc) is 2.97. The molecule has 0 fully saturated rings. The number of urea groups is 1. The Kier molecular flexibility index (Phi) is 5.64. The smallest absolute Gasteiger partial charge is 0.308 e. The molecular formula is C21H26N4O2. The lowest BCUT2D eigenvalue weighted by Crippen LogP contribution is -2.20. The first-order chi connectivity index (χ1) is 13.0. The number of aryl methyl sites for hydroxylation is 1. The van der Waals surface area contributed by atoms with Gasteiger partial charge in [-0.05, 0) is 48.6 Å². The van der Waals surface area contributed by atoms with Crippen molar-refractivity contribution >= 4 is 28.3 Å². The van der Waals surface area contributed by atoms with Crippen molar-refractivity contribution in [2.75, 3.05) is 10.6 Å². The molecule has 27 heavy (non-hydrogen) atoms. The lowest BCUT2D eigenvalue weighted by atomic mass is 9.97. The maximum Gasteiger partial charge on any atom is 0.323 e. The van der Waals surface area contributed by atoms with Crippen LogP contribution in [0.5, 0.6) is 0 Å². The topological polar surface area (TPSA) is 78.9 Å². The molecule has 1 atom stereocenters. The Hall–Kier alpha value is -3.02. The molecule has 0 bridgehead atoms. The fourth-order valence-corrected chi connectivity index (χ4v) is 3.22. The summed E-state index contributed by atoms with van der Waals surface area (Å²) in [7, 11) is 0. The van der Waals surface area contributed by atoms with Crippen molar-refractivity contribution in [3.63, 3.8) is 0 Å². The summed E-state index contributed by atoms with van der Waals surface area (Å²) in [6.07, 6.45) is 1.92. The first-order valence-corrected chi connectivity index (χ1v) is 9.43. The summed E-state index contributed by atoms with van der Waals surface area (Å²) in [5, 5.41) is 9.15. The van der Waals surface area contributed by atoms with E-state index in [-0.39, 0.29) is 11.6 Å². The minimum Gasteiger partial charge on any atom is -0.308 e. The molecule has 142 valence electrons. The van der Waals surface area contributed by atoms with Crippen LogP contribution in [0.2, 0.25) is 0 Å². The van der Waals surface area contributed by atoms with Crippen LogP contribution < -0.4 is 16.2 Å². The van der Waals surface area contributed by atoms with Crippen LogP contribution in [0.1, 0.15) is 45.1 Å². The van der Waals surface area contributed by atoms with Gasteiger partial charge in [0.15, 0.2) is 0 Å². The Morgan fingerprint density at radius 1 is 1.15 bits per heavy atom. The van der Waals surface area contributed by atoms with Crippen molar-refractivity contribution in [3.8, 4) is 0 Å². The zero-order valence-corrected chi connectivity index (χ0v) is 16.0. The zero-order valence-electron chi connectivity index (χ0n) is 16.0. The minimum absolute atomic E-state index is 0.148. The summed E-state index contributed by atoms with van der Waals surface area (Å²) in [6, 6.07) is 12.9. The second kappa shape index (κ2) is 8.12. The number of fused-ring (bicyclic) bond motifs is 1. The molecular weight excluding hydrogens is 340 g/mol. The number of carbonyl (C=O) groups excluding carboxylic acids is 1. The first-order valence-electron chi connectivity index (χ1n) is 9.43. The Labute approximate surface area is 158 Å². The number of amides is 2. The van der Waals surface area contributed by atoms with Gasteiger partial charge in [0.05, 0.1) is 10.9 Å². The molecule has 6 heteroatoms. The molecule has 0 aliphatic carbocycles. The highest BCUT2D eigenvalue weighted by Gasteiger charge is 2.12. The summed E-state index contributed by atoms with van der Waals surface area (Å²) < 4.78 is 1.84. The molecule has 1 aromatic heterocycles. The molecule has 0 spiro atoms. The van der Waals surface area contributed by atoms with Crippen molar-refractivity contribution in [2.45, 2.75) is 46.1 Å². The number of nitrogens with one attached hydrogen (secondary N) is 3. The van der Waals surface area contributed by atoms with Crippen LogP contribution in [-0.2, 0) is 6.54 Å². The number of aromatic amines is 1. The summed E-state index contributed by atoms with van der Waals surface area (Å²) in [6.45, 7) is 7.07. The number of H-pyrrole nitrogens is 1. The molecule has 1 unspecified atom stereocenters. The molecule has 3 aromatic rings. The quantitative estimate of drug-likeness (QED) is 0.580. The van der Waals surface area contributed by atoms with Crippen LogP contribution in [-0.4, -0.2) is 15.8 Å². The van der Waals surface area contributed by atoms with E-state index in [2.05, 4.69) is 36.5 Å². The van der Waals surface area contributed by atoms with Gasteiger partial charge < -0.3 is 10.6 Å². The lowest BCUT2D eigenvalue weighted by Gasteiger charge is -2.16. The van der Waals surface area contributed by atoms with E-state index in [0.29, 0.717) is 17.0 Å². The highest BCUT2D eigenvalue weighted by Crippen LogP contribution is 2.26. The summed E-state index contributed by atoms with van der Waals surface area (Å²) in [5.41, 5.74) is 3.19. The van der Waals surface area contributed by atoms with Crippen LogP contribution in [0.3, 0.4) is 0 Å². The number of hydrogen-bond donors (Lipinski definition) is 3. The molecule has 3 rings (SSSR count). The molecule has 0 saturated carbocycles.